The molecule has 236 valence electrons. The van der Waals surface area contributed by atoms with Crippen LogP contribution in [0.2, 0.25) is 0 Å². The van der Waals surface area contributed by atoms with Gasteiger partial charge in [0.2, 0.25) is 5.60 Å². The van der Waals surface area contributed by atoms with E-state index in [4.69, 9.17) is 14.6 Å². The summed E-state index contributed by atoms with van der Waals surface area (Å²) in [6.07, 6.45) is -2.71. The normalized spacial score (nSPS) is 15.8. The fourth-order valence-electron chi connectivity index (χ4n) is 5.83. The number of hydrogen-bond donors (Lipinski definition) is 2. The molecular weight excluding hydrogens is 587 g/mol. The van der Waals surface area contributed by atoms with Gasteiger partial charge < -0.3 is 24.3 Å². The van der Waals surface area contributed by atoms with Crippen LogP contribution in [0.5, 0.6) is 11.5 Å². The summed E-state index contributed by atoms with van der Waals surface area (Å²) in [7, 11) is 1.49. The van der Waals surface area contributed by atoms with Crippen LogP contribution in [0.4, 0.5) is 13.2 Å². The van der Waals surface area contributed by atoms with E-state index in [1.807, 2.05) is 36.4 Å². The molecule has 1 aliphatic heterocycles. The highest BCUT2D eigenvalue weighted by Gasteiger charge is 2.57. The maximum absolute atomic E-state index is 14.8. The number of fused-ring (bicyclic) bond motifs is 1. The third-order valence-electron chi connectivity index (χ3n) is 8.26. The molecule has 1 fully saturated rings. The first-order valence-corrected chi connectivity index (χ1v) is 14.6. The van der Waals surface area contributed by atoms with Crippen LogP contribution in [0.15, 0.2) is 72.9 Å². The third-order valence-corrected chi connectivity index (χ3v) is 8.26. The van der Waals surface area contributed by atoms with Gasteiger partial charge >= 0.3 is 12.1 Å². The minimum Gasteiger partial charge on any atom is -0.493 e. The second kappa shape index (κ2) is 13.2. The summed E-state index contributed by atoms with van der Waals surface area (Å²) in [6, 6.07) is 21.0. The van der Waals surface area contributed by atoms with Crippen molar-refractivity contribution in [3.8, 4) is 17.6 Å². The van der Waals surface area contributed by atoms with Crippen molar-refractivity contribution in [3.05, 3.63) is 95.2 Å². The lowest BCUT2D eigenvalue weighted by atomic mass is 9.90. The molecule has 1 aliphatic rings. The summed E-state index contributed by atoms with van der Waals surface area (Å²) in [4.78, 5) is 12.5. The Balaban J connectivity index is 1.34. The fraction of sp³-hybridized carbons (Fsp3) is 0.353. The standard InChI is InChI=1S/C34H34F3N3O5/c1-44-31-18-23(9-12-32(41)42)8-11-30(31)45-26-13-15-39(16-14-26)22-33(43,34(35,36)37)28-21-40(20-24-5-3-2-4-6-24)29-17-25(19-38)7-10-27(28)29/h2-8,10-11,17-18,21,26,43H,9,12-16,20,22H2,1H3,(H,41,42). The average Bonchev–Trinajstić information content (AvgIpc) is 3.39. The Morgan fingerprint density at radius 3 is 2.40 bits per heavy atom. The van der Waals surface area contributed by atoms with E-state index in [2.05, 4.69) is 0 Å². The summed E-state index contributed by atoms with van der Waals surface area (Å²) in [5.74, 6) is 0.0348. The maximum atomic E-state index is 14.8. The Bertz CT molecular complexity index is 1690. The van der Waals surface area contributed by atoms with Crippen molar-refractivity contribution in [2.45, 2.75) is 50.1 Å². The molecule has 2 heterocycles. The van der Waals surface area contributed by atoms with E-state index in [1.165, 1.54) is 25.4 Å². The molecule has 0 saturated carbocycles. The maximum Gasteiger partial charge on any atom is 0.422 e. The molecule has 2 N–H and O–H groups in total. The molecule has 1 saturated heterocycles. The van der Waals surface area contributed by atoms with Gasteiger partial charge in [0.15, 0.2) is 11.5 Å². The van der Waals surface area contributed by atoms with E-state index >= 15 is 0 Å². The minimum atomic E-state index is -4.98. The quantitative estimate of drug-likeness (QED) is 0.215. The van der Waals surface area contributed by atoms with Gasteiger partial charge in [0.1, 0.15) is 6.10 Å². The van der Waals surface area contributed by atoms with Crippen molar-refractivity contribution in [1.82, 2.24) is 9.47 Å². The molecule has 0 bridgehead atoms. The highest BCUT2D eigenvalue weighted by Crippen LogP contribution is 2.44. The van der Waals surface area contributed by atoms with Crippen LogP contribution in [0.1, 0.15) is 41.5 Å². The number of rotatable bonds is 11. The molecule has 0 aliphatic carbocycles. The number of nitriles is 1. The molecule has 3 aromatic carbocycles. The monoisotopic (exact) mass is 621 g/mol. The topological polar surface area (TPSA) is 108 Å². The molecule has 5 rings (SSSR count). The Morgan fingerprint density at radius 1 is 1.02 bits per heavy atom. The number of nitrogens with zero attached hydrogens (tertiary/aromatic N) is 3. The second-order valence-electron chi connectivity index (χ2n) is 11.3. The number of benzene rings is 3. The number of carboxylic acids is 1. The zero-order valence-corrected chi connectivity index (χ0v) is 24.8. The highest BCUT2D eigenvalue weighted by molar-refractivity contribution is 5.86. The number of β-amino-alcohol motifs (C(OH)–C–C–N with tert-alkyl or cyclic N) is 1. The van der Waals surface area contributed by atoms with Crippen LogP contribution in [0, 0.1) is 11.3 Å². The predicted molar refractivity (Wildman–Crippen MR) is 161 cm³/mol. The van der Waals surface area contributed by atoms with Crippen LogP contribution in [0.25, 0.3) is 10.9 Å². The lowest BCUT2D eigenvalue weighted by molar-refractivity contribution is -0.272. The van der Waals surface area contributed by atoms with Gasteiger partial charge in [-0.25, -0.2) is 0 Å². The number of alkyl halides is 3. The number of aliphatic carboxylic acids is 1. The number of hydrogen-bond acceptors (Lipinski definition) is 6. The summed E-state index contributed by atoms with van der Waals surface area (Å²) in [6.45, 7) is 0.148. The molecule has 1 unspecified atom stereocenters. The van der Waals surface area contributed by atoms with E-state index in [0.29, 0.717) is 41.8 Å². The van der Waals surface area contributed by atoms with E-state index in [-0.39, 0.29) is 43.1 Å². The number of likely N-dealkylation sites (tertiary alicyclic amines) is 1. The number of halogens is 3. The predicted octanol–water partition coefficient (Wildman–Crippen LogP) is 5.88. The van der Waals surface area contributed by atoms with Crippen LogP contribution < -0.4 is 9.47 Å². The fourth-order valence-corrected chi connectivity index (χ4v) is 5.83. The van der Waals surface area contributed by atoms with Gasteiger partial charge in [-0.3, -0.25) is 9.69 Å². The highest BCUT2D eigenvalue weighted by atomic mass is 19.4. The molecule has 0 amide bonds. The molecule has 0 spiro atoms. The van der Waals surface area contributed by atoms with Gasteiger partial charge in [-0.05, 0) is 54.7 Å². The van der Waals surface area contributed by atoms with Crippen molar-refractivity contribution in [3.63, 3.8) is 0 Å². The Hall–Kier alpha value is -4.53. The minimum absolute atomic E-state index is 0.0134. The van der Waals surface area contributed by atoms with Crippen molar-refractivity contribution < 1.29 is 37.7 Å². The van der Waals surface area contributed by atoms with Crippen molar-refractivity contribution >= 4 is 16.9 Å². The third kappa shape index (κ3) is 7.08. The van der Waals surface area contributed by atoms with Gasteiger partial charge in [0.25, 0.3) is 0 Å². The van der Waals surface area contributed by atoms with E-state index in [9.17, 15) is 28.3 Å². The molecule has 45 heavy (non-hydrogen) atoms. The summed E-state index contributed by atoms with van der Waals surface area (Å²) in [5, 5.41) is 30.2. The van der Waals surface area contributed by atoms with Crippen molar-refractivity contribution in [2.75, 3.05) is 26.7 Å². The van der Waals surface area contributed by atoms with Crippen LogP contribution in [0.3, 0.4) is 0 Å². The lowest BCUT2D eigenvalue weighted by Gasteiger charge is -2.39. The van der Waals surface area contributed by atoms with Crippen LogP contribution >= 0.6 is 0 Å². The SMILES string of the molecule is COc1cc(CCC(=O)O)ccc1OC1CCN(CC(O)(c2cn(Cc3ccccc3)c3cc(C#N)ccc23)C(F)(F)F)CC1. The van der Waals surface area contributed by atoms with E-state index in [0.717, 1.165) is 11.1 Å². The van der Waals surface area contributed by atoms with Crippen LogP contribution in [-0.2, 0) is 23.4 Å². The summed E-state index contributed by atoms with van der Waals surface area (Å²) in [5.41, 5.74) is -1.01. The van der Waals surface area contributed by atoms with Gasteiger partial charge in [-0.1, -0.05) is 42.5 Å². The molecule has 1 aromatic heterocycles. The zero-order valence-electron chi connectivity index (χ0n) is 24.8. The van der Waals surface area contributed by atoms with Crippen molar-refractivity contribution in [1.29, 1.82) is 5.26 Å². The largest absolute Gasteiger partial charge is 0.493 e. The number of carboxylic acid groups (broad SMARTS) is 1. The Morgan fingerprint density at radius 2 is 1.76 bits per heavy atom. The van der Waals surface area contributed by atoms with Gasteiger partial charge in [-0.2, -0.15) is 18.4 Å². The average molecular weight is 622 g/mol. The first kappa shape index (κ1) is 31.9. The Kier molecular flexibility index (Phi) is 9.37. The zero-order chi connectivity index (χ0) is 32.2. The number of aryl methyl sites for hydroxylation is 1. The molecule has 1 atom stereocenters. The molecule has 8 nitrogen and oxygen atoms in total. The molecule has 11 heteroatoms. The van der Waals surface area contributed by atoms with Crippen LogP contribution in [-0.4, -0.2) is 64.7 Å². The van der Waals surface area contributed by atoms with Crippen molar-refractivity contribution in [2.24, 2.45) is 0 Å². The number of piperidine rings is 1. The van der Waals surface area contributed by atoms with Gasteiger partial charge in [-0.15, -0.1) is 0 Å². The van der Waals surface area contributed by atoms with Gasteiger partial charge in [0, 0.05) is 49.7 Å². The summed E-state index contributed by atoms with van der Waals surface area (Å²) >= 11 is 0. The number of carbonyl (C=O) groups is 1. The first-order valence-electron chi connectivity index (χ1n) is 14.6. The number of methoxy groups -OCH3 is 1. The summed E-state index contributed by atoms with van der Waals surface area (Å²) < 4.78 is 57.7. The molecular formula is C34H34F3N3O5. The molecule has 4 aromatic rings. The Labute approximate surface area is 258 Å². The molecule has 0 radical (unpaired) electrons. The van der Waals surface area contributed by atoms with Gasteiger partial charge in [0.05, 0.1) is 24.3 Å². The lowest BCUT2D eigenvalue weighted by Crippen LogP contribution is -2.53. The first-order chi connectivity index (χ1) is 21.5. The smallest absolute Gasteiger partial charge is 0.422 e. The number of ether oxygens (including phenoxy) is 2. The number of aliphatic hydroxyl groups is 1. The van der Waals surface area contributed by atoms with E-state index < -0.39 is 24.3 Å². The van der Waals surface area contributed by atoms with E-state index in [1.54, 1.807) is 33.7 Å². The number of aromatic nitrogens is 1. The second-order valence-corrected chi connectivity index (χ2v) is 11.3.